The van der Waals surface area contributed by atoms with Gasteiger partial charge in [0.2, 0.25) is 10.0 Å². The first kappa shape index (κ1) is 30.3. The van der Waals surface area contributed by atoms with Crippen LogP contribution < -0.4 is 5.32 Å². The summed E-state index contributed by atoms with van der Waals surface area (Å²) in [6.07, 6.45) is 2.53. The number of ether oxygens (including phenoxy) is 2. The van der Waals surface area contributed by atoms with Crippen molar-refractivity contribution < 1.29 is 37.1 Å². The van der Waals surface area contributed by atoms with E-state index in [0.29, 0.717) is 24.2 Å². The van der Waals surface area contributed by atoms with E-state index in [1.165, 1.54) is 27.4 Å². The number of anilines is 1. The quantitative estimate of drug-likeness (QED) is 0.447. The summed E-state index contributed by atoms with van der Waals surface area (Å²) in [6, 6.07) is 4.24. The third-order valence-electron chi connectivity index (χ3n) is 6.20. The Balaban J connectivity index is 1.76. The maximum Gasteiger partial charge on any atom is 0.341 e. The van der Waals surface area contributed by atoms with Gasteiger partial charge in [0, 0.05) is 27.2 Å². The van der Waals surface area contributed by atoms with Crippen LogP contribution in [0.2, 0.25) is 0 Å². The number of aryl methyl sites for hydroxylation is 1. The molecule has 1 aromatic heterocycles. The van der Waals surface area contributed by atoms with Gasteiger partial charge in [-0.15, -0.1) is 11.3 Å². The summed E-state index contributed by atoms with van der Waals surface area (Å²) in [4.78, 5) is 52.2. The molecule has 0 bridgehead atoms. The number of nitrogens with zero attached hydrogens (tertiary/aromatic N) is 2. The Morgan fingerprint density at radius 2 is 1.69 bits per heavy atom. The number of amides is 2. The van der Waals surface area contributed by atoms with Crippen molar-refractivity contribution in [3.63, 3.8) is 0 Å². The molecule has 39 heavy (non-hydrogen) atoms. The molecule has 0 atom stereocenters. The zero-order valence-electron chi connectivity index (χ0n) is 22.7. The van der Waals surface area contributed by atoms with Crippen LogP contribution in [-0.2, 0) is 24.3 Å². The molecule has 1 N–H and O–H groups in total. The SMILES string of the molecule is CCOC(=O)c1c(NC(=O)COC(=O)c2cc(S(=O)(=O)N3CCCCC3)ccc2C)sc(C(=O)N(C)C)c1C. The third-order valence-corrected chi connectivity index (χ3v) is 9.29. The molecule has 3 rings (SSSR count). The van der Waals surface area contributed by atoms with Crippen LogP contribution in [0.15, 0.2) is 23.1 Å². The summed E-state index contributed by atoms with van der Waals surface area (Å²) < 4.78 is 37.8. The average Bonchev–Trinajstić information content (AvgIpc) is 3.22. The monoisotopic (exact) mass is 579 g/mol. The number of nitrogens with one attached hydrogen (secondary N) is 1. The first-order valence-electron chi connectivity index (χ1n) is 12.5. The van der Waals surface area contributed by atoms with Crippen LogP contribution in [0, 0.1) is 13.8 Å². The second-order valence-electron chi connectivity index (χ2n) is 9.25. The van der Waals surface area contributed by atoms with Crippen molar-refractivity contribution in [2.24, 2.45) is 0 Å². The Labute approximate surface area is 232 Å². The van der Waals surface area contributed by atoms with Gasteiger partial charge < -0.3 is 19.7 Å². The summed E-state index contributed by atoms with van der Waals surface area (Å²) in [6.45, 7) is 5.11. The lowest BCUT2D eigenvalue weighted by molar-refractivity contribution is -0.119. The van der Waals surface area contributed by atoms with Crippen molar-refractivity contribution in [3.05, 3.63) is 45.3 Å². The largest absolute Gasteiger partial charge is 0.462 e. The molecule has 1 aliphatic rings. The number of piperidine rings is 1. The number of rotatable bonds is 9. The summed E-state index contributed by atoms with van der Waals surface area (Å²) in [7, 11) is -0.632. The predicted octanol–water partition coefficient (Wildman–Crippen LogP) is 3.21. The van der Waals surface area contributed by atoms with Crippen LogP contribution >= 0.6 is 11.3 Å². The van der Waals surface area contributed by atoms with Gasteiger partial charge >= 0.3 is 11.9 Å². The third kappa shape index (κ3) is 6.84. The number of esters is 2. The van der Waals surface area contributed by atoms with Crippen molar-refractivity contribution in [3.8, 4) is 0 Å². The maximum atomic E-state index is 13.0. The Kier molecular flexibility index (Phi) is 9.86. The van der Waals surface area contributed by atoms with Crippen LogP contribution in [0.1, 0.15) is 67.7 Å². The van der Waals surface area contributed by atoms with Gasteiger partial charge in [-0.1, -0.05) is 12.5 Å². The minimum atomic E-state index is -3.77. The van der Waals surface area contributed by atoms with E-state index in [4.69, 9.17) is 9.47 Å². The molecule has 11 nitrogen and oxygen atoms in total. The predicted molar refractivity (Wildman–Crippen MR) is 146 cm³/mol. The number of hydrogen-bond donors (Lipinski definition) is 1. The fraction of sp³-hybridized carbons (Fsp3) is 0.462. The van der Waals surface area contributed by atoms with Crippen molar-refractivity contribution in [2.75, 3.05) is 45.7 Å². The Hall–Kier alpha value is -3.29. The molecule has 13 heteroatoms. The molecule has 0 aliphatic carbocycles. The molecule has 1 aromatic carbocycles. The molecule has 0 saturated carbocycles. The minimum Gasteiger partial charge on any atom is -0.462 e. The van der Waals surface area contributed by atoms with Gasteiger partial charge in [-0.2, -0.15) is 4.31 Å². The van der Waals surface area contributed by atoms with Crippen molar-refractivity contribution in [1.82, 2.24) is 9.21 Å². The Morgan fingerprint density at radius 3 is 2.31 bits per heavy atom. The lowest BCUT2D eigenvalue weighted by atomic mass is 10.1. The molecule has 0 spiro atoms. The number of benzene rings is 1. The van der Waals surface area contributed by atoms with E-state index in [2.05, 4.69) is 5.32 Å². The van der Waals surface area contributed by atoms with Crippen LogP contribution in [0.25, 0.3) is 0 Å². The highest BCUT2D eigenvalue weighted by Crippen LogP contribution is 2.34. The normalized spacial score (nSPS) is 14.0. The summed E-state index contributed by atoms with van der Waals surface area (Å²) in [5.41, 5.74) is 0.937. The van der Waals surface area contributed by atoms with E-state index in [9.17, 15) is 27.6 Å². The van der Waals surface area contributed by atoms with Gasteiger partial charge in [0.05, 0.1) is 27.5 Å². The summed E-state index contributed by atoms with van der Waals surface area (Å²) >= 11 is 0.921. The van der Waals surface area contributed by atoms with Gasteiger partial charge in [0.1, 0.15) is 5.00 Å². The van der Waals surface area contributed by atoms with E-state index in [-0.39, 0.29) is 38.4 Å². The van der Waals surface area contributed by atoms with E-state index >= 15 is 0 Å². The highest BCUT2D eigenvalue weighted by molar-refractivity contribution is 7.89. The lowest BCUT2D eigenvalue weighted by Crippen LogP contribution is -2.35. The molecular weight excluding hydrogens is 546 g/mol. The molecule has 1 saturated heterocycles. The maximum absolute atomic E-state index is 13.0. The van der Waals surface area contributed by atoms with Gasteiger partial charge in [0.15, 0.2) is 6.61 Å². The standard InChI is InChI=1S/C26H33N3O8S2/c1-6-36-26(33)21-17(3)22(24(31)28(4)5)38-23(21)27-20(30)15-37-25(32)19-14-18(11-10-16(19)2)39(34,35)29-12-8-7-9-13-29/h10-11,14H,6-9,12-13,15H2,1-5H3,(H,27,30). The van der Waals surface area contributed by atoms with Gasteiger partial charge in [-0.05, 0) is 56.9 Å². The molecule has 2 heterocycles. The van der Waals surface area contributed by atoms with Gasteiger partial charge in [-0.25, -0.2) is 18.0 Å². The second-order valence-corrected chi connectivity index (χ2v) is 12.2. The molecule has 1 fully saturated rings. The Bertz CT molecular complexity index is 1380. The summed E-state index contributed by atoms with van der Waals surface area (Å²) in [5, 5.41) is 2.63. The highest BCUT2D eigenvalue weighted by Gasteiger charge is 2.29. The molecule has 0 unspecified atom stereocenters. The van der Waals surface area contributed by atoms with Crippen molar-refractivity contribution in [2.45, 2.75) is 44.9 Å². The fourth-order valence-electron chi connectivity index (χ4n) is 4.07. The highest BCUT2D eigenvalue weighted by atomic mass is 32.2. The first-order valence-corrected chi connectivity index (χ1v) is 14.7. The van der Waals surface area contributed by atoms with Crippen LogP contribution in [0.4, 0.5) is 5.00 Å². The first-order chi connectivity index (χ1) is 18.4. The molecule has 2 aromatic rings. The molecular formula is C26H33N3O8S2. The topological polar surface area (TPSA) is 139 Å². The van der Waals surface area contributed by atoms with Gasteiger partial charge in [0.25, 0.3) is 11.8 Å². The van der Waals surface area contributed by atoms with E-state index in [1.807, 2.05) is 0 Å². The minimum absolute atomic E-state index is 0.0161. The number of carbonyl (C=O) groups excluding carboxylic acids is 4. The summed E-state index contributed by atoms with van der Waals surface area (Å²) in [5.74, 6) is -2.65. The van der Waals surface area contributed by atoms with Gasteiger partial charge in [-0.3, -0.25) is 9.59 Å². The Morgan fingerprint density at radius 1 is 1.03 bits per heavy atom. The molecule has 212 valence electrons. The van der Waals surface area contributed by atoms with Crippen LogP contribution in [0.5, 0.6) is 0 Å². The molecule has 1 aliphatic heterocycles. The van der Waals surface area contributed by atoms with Crippen LogP contribution in [0.3, 0.4) is 0 Å². The zero-order chi connectivity index (χ0) is 28.9. The van der Waals surface area contributed by atoms with E-state index in [1.54, 1.807) is 34.9 Å². The molecule has 2 amide bonds. The van der Waals surface area contributed by atoms with E-state index in [0.717, 1.165) is 30.6 Å². The fourth-order valence-corrected chi connectivity index (χ4v) is 6.84. The van der Waals surface area contributed by atoms with Crippen LogP contribution in [-0.4, -0.2) is 81.8 Å². The number of thiophene rings is 1. The zero-order valence-corrected chi connectivity index (χ0v) is 24.3. The van der Waals surface area contributed by atoms with Crippen molar-refractivity contribution >= 4 is 50.1 Å². The van der Waals surface area contributed by atoms with E-state index < -0.39 is 34.5 Å². The van der Waals surface area contributed by atoms with Crippen molar-refractivity contribution in [1.29, 1.82) is 0 Å². The average molecular weight is 580 g/mol. The number of sulfonamides is 1. The number of carbonyl (C=O) groups is 4. The lowest BCUT2D eigenvalue weighted by Gasteiger charge is -2.26. The molecule has 0 radical (unpaired) electrons. The second kappa shape index (κ2) is 12.7. The number of hydrogen-bond acceptors (Lipinski definition) is 9. The smallest absolute Gasteiger partial charge is 0.341 e.